The summed E-state index contributed by atoms with van der Waals surface area (Å²) >= 11 is 0. The maximum absolute atomic E-state index is 14.8. The molecule has 178 valence electrons. The Kier molecular flexibility index (Phi) is 6.01. The normalized spacial score (nSPS) is 11.3. The number of phenolic OH excluding ortho intramolecular Hbond substituents is 2. The Morgan fingerprint density at radius 1 is 0.500 bits per heavy atom. The Bertz CT molecular complexity index is 1480. The Labute approximate surface area is 209 Å². The van der Waals surface area contributed by atoms with Crippen molar-refractivity contribution in [1.82, 2.24) is 0 Å². The van der Waals surface area contributed by atoms with Crippen LogP contribution in [-0.2, 0) is 4.57 Å². The number of phenols is 2. The number of anilines is 2. The van der Waals surface area contributed by atoms with Crippen molar-refractivity contribution in [3.05, 3.63) is 115 Å². The average Bonchev–Trinajstić information content (AvgIpc) is 2.89. The Balaban J connectivity index is 1.58. The molecule has 0 saturated carbocycles. The van der Waals surface area contributed by atoms with E-state index in [4.69, 9.17) is 11.5 Å². The number of hydrogen-bond acceptors (Lipinski definition) is 5. The van der Waals surface area contributed by atoms with Crippen molar-refractivity contribution in [3.8, 4) is 33.8 Å². The maximum atomic E-state index is 14.8. The molecule has 0 aliphatic heterocycles. The quantitative estimate of drug-likeness (QED) is 0.198. The Morgan fingerprint density at radius 2 is 0.889 bits per heavy atom. The predicted molar refractivity (Wildman–Crippen MR) is 149 cm³/mol. The Morgan fingerprint density at radius 3 is 1.28 bits per heavy atom. The van der Waals surface area contributed by atoms with E-state index < -0.39 is 7.14 Å². The zero-order chi connectivity index (χ0) is 25.3. The first kappa shape index (κ1) is 23.3. The van der Waals surface area contributed by atoms with E-state index in [2.05, 4.69) is 0 Å². The van der Waals surface area contributed by atoms with Crippen LogP contribution < -0.4 is 27.4 Å². The third-order valence-corrected chi connectivity index (χ3v) is 9.35. The third kappa shape index (κ3) is 4.21. The van der Waals surface area contributed by atoms with Crippen molar-refractivity contribution >= 4 is 34.4 Å². The molecule has 0 unspecified atom stereocenters. The summed E-state index contributed by atoms with van der Waals surface area (Å²) in [6.45, 7) is 0. The van der Waals surface area contributed by atoms with Crippen LogP contribution in [0.15, 0.2) is 115 Å². The van der Waals surface area contributed by atoms with E-state index in [1.165, 1.54) is 12.1 Å². The van der Waals surface area contributed by atoms with Crippen LogP contribution in [0.4, 0.5) is 11.4 Å². The lowest BCUT2D eigenvalue weighted by Crippen LogP contribution is -2.25. The van der Waals surface area contributed by atoms with Gasteiger partial charge in [0.2, 0.25) is 0 Å². The fourth-order valence-electron chi connectivity index (χ4n) is 4.41. The van der Waals surface area contributed by atoms with Gasteiger partial charge in [0.1, 0.15) is 11.5 Å². The number of rotatable bonds is 5. The number of benzene rings is 5. The van der Waals surface area contributed by atoms with Crippen LogP contribution in [0.1, 0.15) is 0 Å². The first-order valence-corrected chi connectivity index (χ1v) is 13.1. The van der Waals surface area contributed by atoms with Crippen molar-refractivity contribution in [2.45, 2.75) is 0 Å². The van der Waals surface area contributed by atoms with Gasteiger partial charge in [-0.1, -0.05) is 78.9 Å². The van der Waals surface area contributed by atoms with Crippen LogP contribution in [-0.4, -0.2) is 10.2 Å². The maximum Gasteiger partial charge on any atom is 0.171 e. The van der Waals surface area contributed by atoms with Crippen LogP contribution in [0.5, 0.6) is 11.5 Å². The number of aromatic hydroxyl groups is 2. The highest BCUT2D eigenvalue weighted by molar-refractivity contribution is 7.85. The van der Waals surface area contributed by atoms with E-state index in [9.17, 15) is 14.8 Å². The topological polar surface area (TPSA) is 110 Å². The van der Waals surface area contributed by atoms with Gasteiger partial charge in [0.15, 0.2) is 7.14 Å². The van der Waals surface area contributed by atoms with E-state index in [1.54, 1.807) is 24.3 Å². The molecule has 0 spiro atoms. The van der Waals surface area contributed by atoms with Crippen molar-refractivity contribution < 1.29 is 14.8 Å². The van der Waals surface area contributed by atoms with Gasteiger partial charge < -0.3 is 26.2 Å². The van der Waals surface area contributed by atoms with Crippen molar-refractivity contribution in [2.75, 3.05) is 11.5 Å². The van der Waals surface area contributed by atoms with Gasteiger partial charge in [-0.2, -0.15) is 0 Å². The number of nitrogen functional groups attached to an aromatic ring is 2. The molecule has 0 heterocycles. The summed E-state index contributed by atoms with van der Waals surface area (Å²) in [6, 6.07) is 34.3. The first-order valence-electron chi connectivity index (χ1n) is 11.4. The standard InChI is InChI=1S/C30H25N2O3P/c31-29-18-22(33)10-16-27(29)20-6-12-25(13-7-20)36(35,24-4-2-1-3-5-24)26-14-8-21(9-15-26)28-17-11-23(34)19-30(28)32/h1-19,33-34H,31-32H2. The largest absolute Gasteiger partial charge is 0.508 e. The second kappa shape index (κ2) is 9.29. The molecule has 5 aromatic rings. The molecular formula is C30H25N2O3P. The summed E-state index contributed by atoms with van der Waals surface area (Å²) in [5, 5.41) is 21.5. The van der Waals surface area contributed by atoms with E-state index in [0.717, 1.165) is 27.6 Å². The molecule has 36 heavy (non-hydrogen) atoms. The highest BCUT2D eigenvalue weighted by Crippen LogP contribution is 2.43. The summed E-state index contributed by atoms with van der Waals surface area (Å²) in [7, 11) is -3.18. The van der Waals surface area contributed by atoms with Gasteiger partial charge in [0.05, 0.1) is 0 Å². The summed E-state index contributed by atoms with van der Waals surface area (Å²) < 4.78 is 14.8. The van der Waals surface area contributed by atoms with E-state index >= 15 is 0 Å². The zero-order valence-corrected chi connectivity index (χ0v) is 20.3. The molecule has 5 rings (SSSR count). The van der Waals surface area contributed by atoms with Crippen LogP contribution in [0, 0.1) is 0 Å². The highest BCUT2D eigenvalue weighted by Gasteiger charge is 2.29. The Hall–Kier alpha value is -4.47. The monoisotopic (exact) mass is 492 g/mol. The number of nitrogens with two attached hydrogens (primary N) is 2. The molecule has 6 heteroatoms. The second-order valence-corrected chi connectivity index (χ2v) is 11.3. The highest BCUT2D eigenvalue weighted by atomic mass is 31.2. The summed E-state index contributed by atoms with van der Waals surface area (Å²) in [4.78, 5) is 0. The molecule has 5 nitrogen and oxygen atoms in total. The number of hydrogen-bond donors (Lipinski definition) is 4. The molecule has 0 saturated heterocycles. The second-order valence-electron chi connectivity index (χ2n) is 8.58. The van der Waals surface area contributed by atoms with Gasteiger partial charge in [-0.05, 0) is 35.4 Å². The molecule has 0 bridgehead atoms. The van der Waals surface area contributed by atoms with Gasteiger partial charge in [-0.15, -0.1) is 0 Å². The van der Waals surface area contributed by atoms with Crippen LogP contribution in [0.25, 0.3) is 22.3 Å². The predicted octanol–water partition coefficient (Wildman–Crippen LogP) is 5.24. The lowest BCUT2D eigenvalue weighted by molar-refractivity contribution is 0.475. The molecule has 0 amide bonds. The van der Waals surface area contributed by atoms with Crippen molar-refractivity contribution in [1.29, 1.82) is 0 Å². The molecule has 5 aromatic carbocycles. The van der Waals surface area contributed by atoms with E-state index in [0.29, 0.717) is 22.0 Å². The average molecular weight is 493 g/mol. The lowest BCUT2D eigenvalue weighted by atomic mass is 10.0. The van der Waals surface area contributed by atoms with Gasteiger partial charge >= 0.3 is 0 Å². The fraction of sp³-hybridized carbons (Fsp3) is 0. The fourth-order valence-corrected chi connectivity index (χ4v) is 7.04. The minimum absolute atomic E-state index is 0.110. The van der Waals surface area contributed by atoms with Gasteiger partial charge in [0.25, 0.3) is 0 Å². The first-order chi connectivity index (χ1) is 17.4. The van der Waals surface area contributed by atoms with Crippen LogP contribution in [0.2, 0.25) is 0 Å². The van der Waals surface area contributed by atoms with Crippen molar-refractivity contribution in [2.24, 2.45) is 0 Å². The minimum atomic E-state index is -3.18. The van der Waals surface area contributed by atoms with Crippen LogP contribution >= 0.6 is 7.14 Å². The molecule has 6 N–H and O–H groups in total. The van der Waals surface area contributed by atoms with Crippen molar-refractivity contribution in [3.63, 3.8) is 0 Å². The van der Waals surface area contributed by atoms with Crippen LogP contribution in [0.3, 0.4) is 0 Å². The molecule has 0 radical (unpaired) electrons. The van der Waals surface area contributed by atoms with Gasteiger partial charge in [0, 0.05) is 50.5 Å². The molecule has 0 aromatic heterocycles. The SMILES string of the molecule is Nc1cc(O)ccc1-c1ccc(P(=O)(c2ccccc2)c2ccc(-c3ccc(O)cc3N)cc2)cc1. The van der Waals surface area contributed by atoms with E-state index in [-0.39, 0.29) is 11.5 Å². The summed E-state index contributed by atoms with van der Waals surface area (Å²) in [5.41, 5.74) is 16.5. The minimum Gasteiger partial charge on any atom is -0.508 e. The smallest absolute Gasteiger partial charge is 0.171 e. The third-order valence-electron chi connectivity index (χ3n) is 6.27. The summed E-state index contributed by atoms with van der Waals surface area (Å²) in [5.74, 6) is 0.220. The zero-order valence-electron chi connectivity index (χ0n) is 19.4. The van der Waals surface area contributed by atoms with Gasteiger partial charge in [-0.25, -0.2) is 0 Å². The molecule has 0 fully saturated rings. The summed E-state index contributed by atoms with van der Waals surface area (Å²) in [6.07, 6.45) is 0. The molecule has 0 aliphatic rings. The van der Waals surface area contributed by atoms with Gasteiger partial charge in [-0.3, -0.25) is 0 Å². The molecule has 0 aliphatic carbocycles. The lowest BCUT2D eigenvalue weighted by Gasteiger charge is -2.21. The molecular weight excluding hydrogens is 467 g/mol. The molecule has 0 atom stereocenters. The van der Waals surface area contributed by atoms with E-state index in [1.807, 2.05) is 78.9 Å².